The van der Waals surface area contributed by atoms with Crippen molar-refractivity contribution in [3.8, 4) is 12.1 Å². The van der Waals surface area contributed by atoms with Gasteiger partial charge in [-0.25, -0.2) is 17.9 Å². The van der Waals surface area contributed by atoms with E-state index in [9.17, 15) is 13.2 Å². The zero-order valence-corrected chi connectivity index (χ0v) is 18.0. The number of carbonyl (C=O) groups excluding carboxylic acids is 1. The molecule has 30 heavy (non-hydrogen) atoms. The Morgan fingerprint density at radius 3 is 2.37 bits per heavy atom. The van der Waals surface area contributed by atoms with Crippen molar-refractivity contribution < 1.29 is 17.9 Å². The van der Waals surface area contributed by atoms with Gasteiger partial charge in [-0.3, -0.25) is 0 Å². The number of ether oxygens (including phenoxy) is 1. The van der Waals surface area contributed by atoms with Crippen LogP contribution >= 0.6 is 0 Å². The van der Waals surface area contributed by atoms with Gasteiger partial charge in [0.05, 0.1) is 5.69 Å². The van der Waals surface area contributed by atoms with E-state index in [0.29, 0.717) is 25.9 Å². The summed E-state index contributed by atoms with van der Waals surface area (Å²) in [7, 11) is -3.86. The van der Waals surface area contributed by atoms with E-state index in [2.05, 4.69) is 10.0 Å². The lowest BCUT2D eigenvalue weighted by molar-refractivity contribution is 0.0203. The van der Waals surface area contributed by atoms with Gasteiger partial charge in [0.1, 0.15) is 28.2 Å². The maximum absolute atomic E-state index is 12.9. The number of carbonyl (C=O) groups is 1. The fourth-order valence-corrected chi connectivity index (χ4v) is 4.32. The second-order valence-electron chi connectivity index (χ2n) is 7.79. The van der Waals surface area contributed by atoms with E-state index in [-0.39, 0.29) is 22.2 Å². The lowest BCUT2D eigenvalue weighted by Gasteiger charge is -2.33. The number of allylic oxidation sites excluding steroid dienone is 1. The number of rotatable bonds is 5. The predicted octanol–water partition coefficient (Wildman–Crippen LogP) is 2.71. The van der Waals surface area contributed by atoms with Crippen molar-refractivity contribution in [1.82, 2.24) is 9.62 Å². The molecule has 0 unspecified atom stereocenters. The number of nitrogens with one attached hydrogen (secondary N) is 2. The topological polar surface area (TPSA) is 135 Å². The fraction of sp³-hybridized carbons (Fsp3) is 0.450. The van der Waals surface area contributed by atoms with Gasteiger partial charge in [-0.1, -0.05) is 12.1 Å². The Morgan fingerprint density at radius 1 is 1.20 bits per heavy atom. The number of anilines is 1. The molecule has 1 fully saturated rings. The first-order valence-electron chi connectivity index (χ1n) is 9.42. The molecule has 0 saturated carbocycles. The molecule has 1 aliphatic rings. The molecular weight excluding hydrogens is 406 g/mol. The van der Waals surface area contributed by atoms with Crippen molar-refractivity contribution in [2.24, 2.45) is 0 Å². The predicted molar refractivity (Wildman–Crippen MR) is 111 cm³/mol. The van der Waals surface area contributed by atoms with Crippen molar-refractivity contribution in [3.05, 3.63) is 36.0 Å². The SMILES string of the molecule is CC(C)(C)OC(=O)N1CCC(NS(=O)(=O)c2ccccc2NC=C(C#N)C#N)CC1. The summed E-state index contributed by atoms with van der Waals surface area (Å²) < 4.78 is 33.8. The van der Waals surface area contributed by atoms with Crippen molar-refractivity contribution in [2.45, 2.75) is 50.2 Å². The fourth-order valence-electron chi connectivity index (χ4n) is 2.85. The number of piperidine rings is 1. The van der Waals surface area contributed by atoms with Gasteiger partial charge in [0.25, 0.3) is 0 Å². The molecule has 160 valence electrons. The highest BCUT2D eigenvalue weighted by molar-refractivity contribution is 7.89. The molecule has 1 aliphatic heterocycles. The minimum atomic E-state index is -3.86. The number of hydrogen-bond donors (Lipinski definition) is 2. The molecule has 0 aliphatic carbocycles. The number of para-hydroxylation sites is 1. The van der Waals surface area contributed by atoms with Crippen LogP contribution in [0.4, 0.5) is 10.5 Å². The molecule has 1 heterocycles. The zero-order valence-electron chi connectivity index (χ0n) is 17.2. The largest absolute Gasteiger partial charge is 0.444 e. The third-order valence-corrected chi connectivity index (χ3v) is 5.84. The van der Waals surface area contributed by atoms with Crippen molar-refractivity contribution >= 4 is 21.8 Å². The van der Waals surface area contributed by atoms with Crippen LogP contribution in [0.15, 0.2) is 40.9 Å². The van der Waals surface area contributed by atoms with Gasteiger partial charge in [-0.05, 0) is 45.7 Å². The first-order valence-corrected chi connectivity index (χ1v) is 10.9. The van der Waals surface area contributed by atoms with Crippen LogP contribution in [0.1, 0.15) is 33.6 Å². The summed E-state index contributed by atoms with van der Waals surface area (Å²) in [6.45, 7) is 6.16. The third kappa shape index (κ3) is 6.48. The Morgan fingerprint density at radius 2 is 1.80 bits per heavy atom. The molecule has 0 bridgehead atoms. The highest BCUT2D eigenvalue weighted by Gasteiger charge is 2.29. The summed E-state index contributed by atoms with van der Waals surface area (Å²) in [5, 5.41) is 20.4. The molecule has 1 amide bonds. The third-order valence-electron chi connectivity index (χ3n) is 4.26. The molecular formula is C20H25N5O4S. The molecule has 2 N–H and O–H groups in total. The van der Waals surface area contributed by atoms with E-state index >= 15 is 0 Å². The van der Waals surface area contributed by atoms with Gasteiger partial charge in [0, 0.05) is 25.3 Å². The summed E-state index contributed by atoms with van der Waals surface area (Å²) in [6, 6.07) is 9.29. The Labute approximate surface area is 177 Å². The number of likely N-dealkylation sites (tertiary alicyclic amines) is 1. The Hall–Kier alpha value is -3.08. The summed E-state index contributed by atoms with van der Waals surface area (Å²) >= 11 is 0. The Bertz CT molecular complexity index is 975. The standard InChI is InChI=1S/C20H25N5O4S/c1-20(2,3)29-19(26)25-10-8-16(9-11-25)24-30(27,28)18-7-5-4-6-17(18)23-14-15(12-21)13-22/h4-7,14,16,23-24H,8-11H2,1-3H3. The zero-order chi connectivity index (χ0) is 22.4. The van der Waals surface area contributed by atoms with E-state index in [0.717, 1.165) is 6.20 Å². The molecule has 0 atom stereocenters. The molecule has 0 spiro atoms. The average Bonchev–Trinajstić information content (AvgIpc) is 2.68. The van der Waals surface area contributed by atoms with E-state index in [4.69, 9.17) is 15.3 Å². The maximum Gasteiger partial charge on any atom is 0.410 e. The Balaban J connectivity index is 2.05. The minimum absolute atomic E-state index is 0.00560. The van der Waals surface area contributed by atoms with Crippen LogP contribution < -0.4 is 10.0 Å². The van der Waals surface area contributed by atoms with Gasteiger partial charge in [0.15, 0.2) is 0 Å². The summed E-state index contributed by atoms with van der Waals surface area (Å²) in [4.78, 5) is 13.7. The molecule has 1 aromatic carbocycles. The van der Waals surface area contributed by atoms with Gasteiger partial charge >= 0.3 is 6.09 Å². The van der Waals surface area contributed by atoms with Gasteiger partial charge in [-0.15, -0.1) is 0 Å². The van der Waals surface area contributed by atoms with Crippen molar-refractivity contribution in [3.63, 3.8) is 0 Å². The number of nitrogens with zero attached hydrogens (tertiary/aromatic N) is 3. The van der Waals surface area contributed by atoms with Crippen LogP contribution in [0.3, 0.4) is 0 Å². The lowest BCUT2D eigenvalue weighted by Crippen LogP contribution is -2.47. The molecule has 1 saturated heterocycles. The van der Waals surface area contributed by atoms with Gasteiger partial charge in [0.2, 0.25) is 10.0 Å². The molecule has 2 rings (SSSR count). The van der Waals surface area contributed by atoms with Crippen molar-refractivity contribution in [1.29, 1.82) is 10.5 Å². The van der Waals surface area contributed by atoms with E-state index in [1.165, 1.54) is 6.07 Å². The minimum Gasteiger partial charge on any atom is -0.444 e. The van der Waals surface area contributed by atoms with Crippen LogP contribution in [0, 0.1) is 22.7 Å². The normalized spacial score (nSPS) is 14.9. The first-order chi connectivity index (χ1) is 14.1. The van der Waals surface area contributed by atoms with Crippen LogP contribution in [0.25, 0.3) is 0 Å². The Kier molecular flexibility index (Phi) is 7.43. The summed E-state index contributed by atoms with van der Waals surface area (Å²) in [5.41, 5.74) is -0.513. The van der Waals surface area contributed by atoms with Gasteiger partial charge < -0.3 is 15.0 Å². The van der Waals surface area contributed by atoms with Crippen molar-refractivity contribution in [2.75, 3.05) is 18.4 Å². The van der Waals surface area contributed by atoms with Crippen LogP contribution in [-0.4, -0.2) is 44.1 Å². The molecule has 0 radical (unpaired) electrons. The highest BCUT2D eigenvalue weighted by atomic mass is 32.2. The number of sulfonamides is 1. The number of amides is 1. The van der Waals surface area contributed by atoms with E-state index in [1.807, 2.05) is 0 Å². The second-order valence-corrected chi connectivity index (χ2v) is 9.47. The molecule has 0 aromatic heterocycles. The van der Waals surface area contributed by atoms with E-state index in [1.54, 1.807) is 56.0 Å². The smallest absolute Gasteiger partial charge is 0.410 e. The van der Waals surface area contributed by atoms with Crippen LogP contribution in [0.2, 0.25) is 0 Å². The number of hydrogen-bond acceptors (Lipinski definition) is 7. The first kappa shape index (κ1) is 23.2. The quantitative estimate of drug-likeness (QED) is 0.684. The van der Waals surface area contributed by atoms with E-state index < -0.39 is 21.7 Å². The molecule has 9 nitrogen and oxygen atoms in total. The lowest BCUT2D eigenvalue weighted by atomic mass is 10.1. The summed E-state index contributed by atoms with van der Waals surface area (Å²) in [5.74, 6) is 0. The van der Waals surface area contributed by atoms with Gasteiger partial charge in [-0.2, -0.15) is 10.5 Å². The number of nitriles is 2. The number of benzene rings is 1. The summed E-state index contributed by atoms with van der Waals surface area (Å²) in [6.07, 6.45) is 1.67. The molecule has 10 heteroatoms. The second kappa shape index (κ2) is 9.61. The highest BCUT2D eigenvalue weighted by Crippen LogP contribution is 2.23. The average molecular weight is 432 g/mol. The monoisotopic (exact) mass is 431 g/mol. The van der Waals surface area contributed by atoms with Crippen LogP contribution in [-0.2, 0) is 14.8 Å². The molecule has 1 aromatic rings. The van der Waals surface area contributed by atoms with Crippen LogP contribution in [0.5, 0.6) is 0 Å². The maximum atomic E-state index is 12.9.